The Hall–Kier alpha value is -2.16. The van der Waals surface area contributed by atoms with E-state index in [9.17, 15) is 22.8 Å². The second kappa shape index (κ2) is 10.5. The first-order valence-electron chi connectivity index (χ1n) is 10.7. The van der Waals surface area contributed by atoms with Crippen molar-refractivity contribution >= 4 is 75.5 Å². The lowest BCUT2D eigenvalue weighted by molar-refractivity contribution is -0.137. The van der Waals surface area contributed by atoms with Crippen LogP contribution >= 0.6 is 58.0 Å². The third kappa shape index (κ3) is 6.29. The van der Waals surface area contributed by atoms with Gasteiger partial charge in [0.15, 0.2) is 0 Å². The highest BCUT2D eigenvalue weighted by molar-refractivity contribution is 6.53. The molecule has 3 aromatic carbocycles. The van der Waals surface area contributed by atoms with Crippen LogP contribution in [0.5, 0.6) is 0 Å². The summed E-state index contributed by atoms with van der Waals surface area (Å²) >= 11 is 31.1. The second-order valence-electron chi connectivity index (χ2n) is 8.39. The molecule has 2 atom stereocenters. The molecule has 12 heteroatoms. The Morgan fingerprint density at radius 3 is 2.11 bits per heavy atom. The molecule has 2 amide bonds. The van der Waals surface area contributed by atoms with Crippen molar-refractivity contribution in [3.63, 3.8) is 0 Å². The van der Waals surface area contributed by atoms with E-state index >= 15 is 0 Å². The molecule has 3 aromatic rings. The summed E-state index contributed by atoms with van der Waals surface area (Å²) in [6, 6.07) is 13.5. The van der Waals surface area contributed by atoms with Crippen molar-refractivity contribution in [3.05, 3.63) is 98.0 Å². The van der Waals surface area contributed by atoms with Gasteiger partial charge in [0.1, 0.15) is 4.33 Å². The molecule has 1 saturated carbocycles. The molecule has 2 N–H and O–H groups in total. The molecule has 0 bridgehead atoms. The van der Waals surface area contributed by atoms with Crippen LogP contribution in [0.3, 0.4) is 0 Å². The van der Waals surface area contributed by atoms with Crippen LogP contribution in [0, 0.1) is 5.92 Å². The van der Waals surface area contributed by atoms with E-state index in [1.807, 2.05) is 0 Å². The molecular formula is C25H16Cl5F3N2O2. The van der Waals surface area contributed by atoms with Crippen molar-refractivity contribution in [2.45, 2.75) is 23.0 Å². The van der Waals surface area contributed by atoms with Crippen molar-refractivity contribution in [2.75, 3.05) is 5.32 Å². The van der Waals surface area contributed by atoms with Gasteiger partial charge in [-0.1, -0.05) is 46.9 Å². The number of hydrogen-bond acceptors (Lipinski definition) is 2. The lowest BCUT2D eigenvalue weighted by atomic mass is 10.1. The monoisotopic (exact) mass is 608 g/mol. The van der Waals surface area contributed by atoms with E-state index in [0.29, 0.717) is 21.2 Å². The largest absolute Gasteiger partial charge is 0.416 e. The SMILES string of the molecule is O=C(NCc1ccc(C(F)(F)F)cc1)c1cc(NC(=O)C2C(c3cc(Cl)cc(Cl)c3)C2(Cl)Cl)ccc1Cl. The van der Waals surface area contributed by atoms with Gasteiger partial charge in [-0.05, 0) is 59.7 Å². The molecule has 0 saturated heterocycles. The zero-order valence-electron chi connectivity index (χ0n) is 18.5. The summed E-state index contributed by atoms with van der Waals surface area (Å²) in [4.78, 5) is 25.7. The molecule has 4 rings (SSSR count). The van der Waals surface area contributed by atoms with E-state index in [0.717, 1.165) is 12.1 Å². The molecule has 194 valence electrons. The first kappa shape index (κ1) is 27.9. The summed E-state index contributed by atoms with van der Waals surface area (Å²) in [5.41, 5.74) is 0.616. The van der Waals surface area contributed by atoms with Gasteiger partial charge in [0.05, 0.1) is 22.1 Å². The van der Waals surface area contributed by atoms with Crippen LogP contribution in [0.15, 0.2) is 60.7 Å². The fourth-order valence-corrected chi connectivity index (χ4v) is 5.48. The first-order valence-corrected chi connectivity index (χ1v) is 12.5. The van der Waals surface area contributed by atoms with Gasteiger partial charge in [-0.15, -0.1) is 23.2 Å². The minimum Gasteiger partial charge on any atom is -0.348 e. The van der Waals surface area contributed by atoms with Crippen LogP contribution in [0.4, 0.5) is 18.9 Å². The molecule has 2 unspecified atom stereocenters. The summed E-state index contributed by atoms with van der Waals surface area (Å²) < 4.78 is 36.8. The number of alkyl halides is 5. The van der Waals surface area contributed by atoms with Crippen molar-refractivity contribution in [1.29, 1.82) is 0 Å². The molecular weight excluding hydrogens is 595 g/mol. The van der Waals surface area contributed by atoms with Crippen molar-refractivity contribution in [3.8, 4) is 0 Å². The zero-order chi connectivity index (χ0) is 27.1. The van der Waals surface area contributed by atoms with Crippen LogP contribution in [0.2, 0.25) is 15.1 Å². The van der Waals surface area contributed by atoms with Gasteiger partial charge in [-0.25, -0.2) is 0 Å². The zero-order valence-corrected chi connectivity index (χ0v) is 22.3. The predicted molar refractivity (Wildman–Crippen MR) is 140 cm³/mol. The number of benzene rings is 3. The Balaban J connectivity index is 1.43. The topological polar surface area (TPSA) is 58.2 Å². The van der Waals surface area contributed by atoms with Gasteiger partial charge < -0.3 is 10.6 Å². The number of halogens is 8. The summed E-state index contributed by atoms with van der Waals surface area (Å²) in [7, 11) is 0. The standard InChI is InChI=1S/C25H16Cl5F3N2O2/c26-15-7-13(8-16(27)9-15)20-21(24(20,29)30)23(37)35-17-5-6-19(28)18(10-17)22(36)34-11-12-1-3-14(4-2-12)25(31,32)33/h1-10,20-21H,11H2,(H,34,36)(H,35,37). The fraction of sp³-hybridized carbons (Fsp3) is 0.200. The van der Waals surface area contributed by atoms with E-state index in [4.69, 9.17) is 58.0 Å². The van der Waals surface area contributed by atoms with Crippen LogP contribution in [0.25, 0.3) is 0 Å². The maximum atomic E-state index is 13.0. The molecule has 37 heavy (non-hydrogen) atoms. The lowest BCUT2D eigenvalue weighted by Crippen LogP contribution is -2.24. The summed E-state index contributed by atoms with van der Waals surface area (Å²) in [5.74, 6) is -2.42. The molecule has 0 radical (unpaired) electrons. The van der Waals surface area contributed by atoms with Crippen LogP contribution in [-0.2, 0) is 17.5 Å². The number of carbonyl (C=O) groups excluding carboxylic acids is 2. The Morgan fingerprint density at radius 1 is 0.892 bits per heavy atom. The van der Waals surface area contributed by atoms with E-state index in [-0.39, 0.29) is 22.8 Å². The fourth-order valence-electron chi connectivity index (χ4n) is 3.91. The Labute approximate surface area is 235 Å². The first-order chi connectivity index (χ1) is 17.3. The van der Waals surface area contributed by atoms with Gasteiger partial charge >= 0.3 is 6.18 Å². The minimum absolute atomic E-state index is 0.0309. The normalized spacial score (nSPS) is 18.3. The molecule has 0 aliphatic heterocycles. The van der Waals surface area contributed by atoms with Crippen molar-refractivity contribution < 1.29 is 22.8 Å². The highest BCUT2D eigenvalue weighted by Gasteiger charge is 2.67. The van der Waals surface area contributed by atoms with E-state index in [1.165, 1.54) is 30.3 Å². The third-order valence-corrected chi connectivity index (χ3v) is 7.50. The van der Waals surface area contributed by atoms with E-state index in [2.05, 4.69) is 10.6 Å². The lowest BCUT2D eigenvalue weighted by Gasteiger charge is -2.11. The van der Waals surface area contributed by atoms with E-state index < -0.39 is 39.7 Å². The Bertz CT molecular complexity index is 1340. The van der Waals surface area contributed by atoms with Gasteiger partial charge in [-0.2, -0.15) is 13.2 Å². The third-order valence-electron chi connectivity index (χ3n) is 5.79. The quantitative estimate of drug-likeness (QED) is 0.277. The molecule has 1 aliphatic carbocycles. The second-order valence-corrected chi connectivity index (χ2v) is 11.1. The van der Waals surface area contributed by atoms with Gasteiger partial charge in [0.2, 0.25) is 5.91 Å². The summed E-state index contributed by atoms with van der Waals surface area (Å²) in [6.07, 6.45) is -4.45. The minimum atomic E-state index is -4.45. The summed E-state index contributed by atoms with van der Waals surface area (Å²) in [6.45, 7) is -0.0309. The number of carbonyl (C=O) groups is 2. The Kier molecular flexibility index (Phi) is 7.94. The average molecular weight is 611 g/mol. The number of hydrogen-bond donors (Lipinski definition) is 2. The molecule has 1 aliphatic rings. The summed E-state index contributed by atoms with van der Waals surface area (Å²) in [5, 5.41) is 6.15. The van der Waals surface area contributed by atoms with Crippen molar-refractivity contribution in [2.24, 2.45) is 5.92 Å². The molecule has 4 nitrogen and oxygen atoms in total. The van der Waals surface area contributed by atoms with Crippen molar-refractivity contribution in [1.82, 2.24) is 5.32 Å². The van der Waals surface area contributed by atoms with Gasteiger partial charge in [-0.3, -0.25) is 9.59 Å². The van der Waals surface area contributed by atoms with Gasteiger partial charge in [0.25, 0.3) is 5.91 Å². The molecule has 0 spiro atoms. The maximum Gasteiger partial charge on any atom is 0.416 e. The maximum absolute atomic E-state index is 13.0. The highest BCUT2D eigenvalue weighted by Crippen LogP contribution is 2.65. The van der Waals surface area contributed by atoms with Crippen LogP contribution in [0.1, 0.15) is 33.0 Å². The Morgan fingerprint density at radius 2 is 1.51 bits per heavy atom. The number of nitrogens with one attached hydrogen (secondary N) is 2. The predicted octanol–water partition coefficient (Wildman–Crippen LogP) is 8.12. The smallest absolute Gasteiger partial charge is 0.348 e. The number of amides is 2. The van der Waals surface area contributed by atoms with Crippen LogP contribution < -0.4 is 10.6 Å². The average Bonchev–Trinajstić information content (AvgIpc) is 3.40. The molecule has 1 fully saturated rings. The van der Waals surface area contributed by atoms with Gasteiger partial charge in [0, 0.05) is 28.2 Å². The highest BCUT2D eigenvalue weighted by atomic mass is 35.5. The number of anilines is 1. The van der Waals surface area contributed by atoms with Crippen LogP contribution in [-0.4, -0.2) is 16.1 Å². The van der Waals surface area contributed by atoms with E-state index in [1.54, 1.807) is 18.2 Å². The number of rotatable bonds is 6. The molecule has 0 heterocycles. The molecule has 0 aromatic heterocycles.